The highest BCUT2D eigenvalue weighted by atomic mass is 16.7. The maximum absolute atomic E-state index is 9.52. The highest BCUT2D eigenvalue weighted by molar-refractivity contribution is 5.74. The molecule has 2 aliphatic rings. The van der Waals surface area contributed by atoms with E-state index >= 15 is 0 Å². The van der Waals surface area contributed by atoms with Gasteiger partial charge in [-0.2, -0.15) is 0 Å². The fourth-order valence-corrected chi connectivity index (χ4v) is 4.58. The number of benzene rings is 1. The monoisotopic (exact) mass is 435 g/mol. The van der Waals surface area contributed by atoms with Crippen LogP contribution >= 0.6 is 0 Å². The lowest BCUT2D eigenvalue weighted by molar-refractivity contribution is 0.0515. The maximum atomic E-state index is 9.52. The molecule has 2 aromatic heterocycles. The smallest absolute Gasteiger partial charge is 0.226 e. The highest BCUT2D eigenvalue weighted by Crippen LogP contribution is 2.38. The molecule has 0 saturated carbocycles. The van der Waals surface area contributed by atoms with Crippen molar-refractivity contribution in [3.8, 4) is 22.8 Å². The molecule has 2 saturated heterocycles. The number of aromatic hydroxyl groups is 1. The predicted octanol–water partition coefficient (Wildman–Crippen LogP) is 2.06. The highest BCUT2D eigenvalue weighted by Gasteiger charge is 2.42. The zero-order valence-electron chi connectivity index (χ0n) is 17.8. The van der Waals surface area contributed by atoms with Gasteiger partial charge >= 0.3 is 0 Å². The topological polar surface area (TPSA) is 123 Å². The summed E-state index contributed by atoms with van der Waals surface area (Å²) in [4.78, 5) is 13.2. The van der Waals surface area contributed by atoms with Crippen molar-refractivity contribution in [1.29, 1.82) is 0 Å². The molecule has 4 heterocycles. The van der Waals surface area contributed by atoms with Gasteiger partial charge in [-0.05, 0) is 31.0 Å². The Morgan fingerprint density at radius 3 is 2.53 bits per heavy atom. The molecule has 3 aromatic rings. The van der Waals surface area contributed by atoms with Crippen LogP contribution in [0.1, 0.15) is 12.8 Å². The van der Waals surface area contributed by atoms with E-state index in [2.05, 4.69) is 30.0 Å². The third-order valence-corrected chi connectivity index (χ3v) is 5.98. The van der Waals surface area contributed by atoms with Gasteiger partial charge in [-0.15, -0.1) is 10.2 Å². The summed E-state index contributed by atoms with van der Waals surface area (Å²) in [5.74, 6) is 1.80. The summed E-state index contributed by atoms with van der Waals surface area (Å²) in [6, 6.07) is 10.1. The minimum atomic E-state index is 0.0673. The van der Waals surface area contributed by atoms with Crippen LogP contribution in [0.25, 0.3) is 11.3 Å². The van der Waals surface area contributed by atoms with E-state index in [1.807, 2.05) is 30.3 Å². The molecular weight excluding hydrogens is 410 g/mol. The number of fused-ring (bicyclic) bond motifs is 2. The largest absolute Gasteiger partial charge is 0.505 e. The lowest BCUT2D eigenvalue weighted by Gasteiger charge is -2.42. The van der Waals surface area contributed by atoms with Crippen molar-refractivity contribution in [2.75, 3.05) is 42.5 Å². The van der Waals surface area contributed by atoms with E-state index in [0.29, 0.717) is 23.2 Å². The van der Waals surface area contributed by atoms with Gasteiger partial charge in [-0.25, -0.2) is 9.97 Å². The number of nitrogens with two attached hydrogens (primary N) is 1. The second-order valence-electron chi connectivity index (χ2n) is 7.99. The first kappa shape index (κ1) is 20.3. The number of piperazine rings is 1. The molecule has 2 unspecified atom stereocenters. The average Bonchev–Trinajstić information content (AvgIpc) is 3.08. The number of para-hydroxylation sites is 1. The number of nitrogen functional groups attached to an aromatic ring is 1. The molecule has 2 bridgehead atoms. The van der Waals surface area contributed by atoms with Crippen LogP contribution in [0, 0.1) is 0 Å². The fraction of sp³-hybridized carbons (Fsp3) is 0.364. The predicted molar refractivity (Wildman–Crippen MR) is 120 cm³/mol. The molecule has 2 atom stereocenters. The number of methoxy groups -OCH3 is 1. The summed E-state index contributed by atoms with van der Waals surface area (Å²) in [5.41, 5.74) is 8.64. The van der Waals surface area contributed by atoms with Gasteiger partial charge in [-0.1, -0.05) is 12.1 Å². The van der Waals surface area contributed by atoms with Crippen LogP contribution in [0.3, 0.4) is 0 Å². The Morgan fingerprint density at radius 1 is 1.09 bits per heavy atom. The molecule has 166 valence electrons. The molecule has 1 aromatic carbocycles. The van der Waals surface area contributed by atoms with Crippen molar-refractivity contribution in [2.24, 2.45) is 0 Å². The van der Waals surface area contributed by atoms with Crippen LogP contribution in [-0.2, 0) is 4.74 Å². The van der Waals surface area contributed by atoms with Crippen LogP contribution in [0.5, 0.6) is 11.5 Å². The van der Waals surface area contributed by atoms with Crippen molar-refractivity contribution < 1.29 is 14.6 Å². The normalized spacial score (nSPS) is 19.9. The molecule has 0 spiro atoms. The number of hydrogen-bond donors (Lipinski definition) is 2. The number of hydrogen-bond acceptors (Lipinski definition) is 10. The first-order valence-corrected chi connectivity index (χ1v) is 10.5. The van der Waals surface area contributed by atoms with Gasteiger partial charge in [0, 0.05) is 37.8 Å². The first-order valence-electron chi connectivity index (χ1n) is 10.5. The lowest BCUT2D eigenvalue weighted by atomic mass is 10.1. The minimum Gasteiger partial charge on any atom is -0.505 e. The van der Waals surface area contributed by atoms with E-state index in [1.54, 1.807) is 7.11 Å². The Balaban J connectivity index is 1.42. The molecule has 2 aliphatic heterocycles. The van der Waals surface area contributed by atoms with Gasteiger partial charge < -0.3 is 30.1 Å². The van der Waals surface area contributed by atoms with Crippen molar-refractivity contribution in [3.05, 3.63) is 42.7 Å². The molecular formula is C22H25N7O3. The molecule has 3 N–H and O–H groups in total. The summed E-state index contributed by atoms with van der Waals surface area (Å²) in [6.45, 7) is 1.70. The molecule has 10 nitrogen and oxygen atoms in total. The standard InChI is InChI=1S/C22H25N7O3/c1-31-13-32-20-5-3-2-4-17(20)18-8-19(21(23)27-26-18)28-11-14-6-7-15(12-28)29(14)22-24-9-16(30)10-25-22/h2-5,8-10,14-15,30H,6-7,11-13H2,1H3,(H2,23,27). The molecule has 0 amide bonds. The molecule has 10 heteroatoms. The molecule has 2 fully saturated rings. The second kappa shape index (κ2) is 8.46. The van der Waals surface area contributed by atoms with E-state index in [1.165, 1.54) is 12.4 Å². The zero-order chi connectivity index (χ0) is 22.1. The first-order chi connectivity index (χ1) is 15.6. The Labute approximate surface area is 185 Å². The average molecular weight is 435 g/mol. The molecule has 5 rings (SSSR count). The Bertz CT molecular complexity index is 1080. The summed E-state index contributed by atoms with van der Waals surface area (Å²) < 4.78 is 10.7. The van der Waals surface area contributed by atoms with Gasteiger partial charge in [0.1, 0.15) is 5.75 Å². The number of anilines is 3. The summed E-state index contributed by atoms with van der Waals surface area (Å²) in [5, 5.41) is 18.1. The van der Waals surface area contributed by atoms with Gasteiger partial charge in [0.05, 0.1) is 23.8 Å². The Kier molecular flexibility index (Phi) is 5.36. The van der Waals surface area contributed by atoms with Crippen LogP contribution in [-0.4, -0.2) is 64.3 Å². The van der Waals surface area contributed by atoms with Gasteiger partial charge in [0.25, 0.3) is 0 Å². The molecule has 0 aliphatic carbocycles. The van der Waals surface area contributed by atoms with Gasteiger partial charge in [-0.3, -0.25) is 0 Å². The summed E-state index contributed by atoms with van der Waals surface area (Å²) in [7, 11) is 1.58. The van der Waals surface area contributed by atoms with E-state index in [0.717, 1.165) is 37.2 Å². The van der Waals surface area contributed by atoms with Crippen LogP contribution in [0.15, 0.2) is 42.7 Å². The Morgan fingerprint density at radius 2 is 1.81 bits per heavy atom. The number of nitrogens with zero attached hydrogens (tertiary/aromatic N) is 6. The van der Waals surface area contributed by atoms with Crippen molar-refractivity contribution in [2.45, 2.75) is 24.9 Å². The second-order valence-corrected chi connectivity index (χ2v) is 7.99. The molecule has 0 radical (unpaired) electrons. The third-order valence-electron chi connectivity index (χ3n) is 5.98. The minimum absolute atomic E-state index is 0.0673. The zero-order valence-corrected chi connectivity index (χ0v) is 17.8. The van der Waals surface area contributed by atoms with E-state index < -0.39 is 0 Å². The third kappa shape index (κ3) is 3.73. The lowest BCUT2D eigenvalue weighted by Crippen LogP contribution is -2.54. The van der Waals surface area contributed by atoms with Crippen molar-refractivity contribution in [3.63, 3.8) is 0 Å². The quantitative estimate of drug-likeness (QED) is 0.556. The van der Waals surface area contributed by atoms with Gasteiger partial charge in [0.15, 0.2) is 18.4 Å². The number of aromatic nitrogens is 4. The van der Waals surface area contributed by atoms with E-state index in [9.17, 15) is 5.11 Å². The fourth-order valence-electron chi connectivity index (χ4n) is 4.58. The van der Waals surface area contributed by atoms with Crippen LogP contribution in [0.2, 0.25) is 0 Å². The summed E-state index contributed by atoms with van der Waals surface area (Å²) >= 11 is 0. The summed E-state index contributed by atoms with van der Waals surface area (Å²) in [6.07, 6.45) is 4.97. The van der Waals surface area contributed by atoms with Crippen LogP contribution < -0.4 is 20.3 Å². The van der Waals surface area contributed by atoms with Crippen molar-refractivity contribution in [1.82, 2.24) is 20.2 Å². The maximum Gasteiger partial charge on any atom is 0.226 e. The van der Waals surface area contributed by atoms with Crippen molar-refractivity contribution >= 4 is 17.5 Å². The molecule has 32 heavy (non-hydrogen) atoms. The number of rotatable bonds is 6. The van der Waals surface area contributed by atoms with Crippen LogP contribution in [0.4, 0.5) is 17.5 Å². The number of ether oxygens (including phenoxy) is 2. The Hall–Kier alpha value is -3.66. The van der Waals surface area contributed by atoms with E-state index in [4.69, 9.17) is 15.2 Å². The van der Waals surface area contributed by atoms with E-state index in [-0.39, 0.29) is 24.6 Å². The SMILES string of the molecule is COCOc1ccccc1-c1cc(N2CC3CCC(C2)N3c2ncc(O)cn2)c(N)nn1. The van der Waals surface area contributed by atoms with Gasteiger partial charge in [0.2, 0.25) is 5.95 Å².